The molecule has 2 unspecified atom stereocenters. The number of nitrogens with zero attached hydrogens (tertiary/aromatic N) is 1. The Balaban J connectivity index is 2.32. The van der Waals surface area contributed by atoms with Crippen molar-refractivity contribution in [2.45, 2.75) is 58.0 Å². The van der Waals surface area contributed by atoms with Crippen molar-refractivity contribution >= 4 is 23.6 Å². The lowest BCUT2D eigenvalue weighted by Gasteiger charge is -2.32. The smallest absolute Gasteiger partial charge is 0.258 e. The van der Waals surface area contributed by atoms with Gasteiger partial charge >= 0.3 is 0 Å². The average Bonchev–Trinajstić information content (AvgIpc) is 2.88. The lowest BCUT2D eigenvalue weighted by molar-refractivity contribution is -0.126. The van der Waals surface area contributed by atoms with E-state index < -0.39 is 17.8 Å². The van der Waals surface area contributed by atoms with E-state index in [1.54, 1.807) is 28.8 Å². The minimum Gasteiger partial charge on any atom is -0.350 e. The van der Waals surface area contributed by atoms with E-state index in [0.29, 0.717) is 11.7 Å². The molecule has 1 fully saturated rings. The molecule has 0 bridgehead atoms. The number of benzene rings is 1. The summed E-state index contributed by atoms with van der Waals surface area (Å²) in [7, 11) is 0. The fourth-order valence-corrected chi connectivity index (χ4v) is 4.49. The minimum absolute atomic E-state index is 0.0207. The van der Waals surface area contributed by atoms with Gasteiger partial charge < -0.3 is 10.2 Å². The summed E-state index contributed by atoms with van der Waals surface area (Å²) >= 11 is 1.59. The molecule has 1 heterocycles. The van der Waals surface area contributed by atoms with Gasteiger partial charge in [-0.3, -0.25) is 9.59 Å². The second-order valence-electron chi connectivity index (χ2n) is 7.86. The highest BCUT2D eigenvalue weighted by molar-refractivity contribution is 8.00. The first-order valence-electron chi connectivity index (χ1n) is 8.61. The molecule has 0 saturated carbocycles. The van der Waals surface area contributed by atoms with Crippen LogP contribution < -0.4 is 5.32 Å². The van der Waals surface area contributed by atoms with Crippen molar-refractivity contribution in [1.29, 1.82) is 0 Å². The molecule has 6 heteroatoms. The van der Waals surface area contributed by atoms with E-state index in [-0.39, 0.29) is 22.4 Å². The lowest BCUT2D eigenvalue weighted by atomic mass is 10.1. The number of rotatable bonds is 4. The van der Waals surface area contributed by atoms with Crippen molar-refractivity contribution in [3.8, 4) is 0 Å². The van der Waals surface area contributed by atoms with Crippen LogP contribution in [-0.4, -0.2) is 39.4 Å². The molecule has 4 nitrogen and oxygen atoms in total. The number of hydrogen-bond acceptors (Lipinski definition) is 3. The molecule has 1 aromatic rings. The van der Waals surface area contributed by atoms with Crippen LogP contribution in [0.2, 0.25) is 0 Å². The number of thioether (sulfide) groups is 1. The van der Waals surface area contributed by atoms with Crippen molar-refractivity contribution < 1.29 is 14.0 Å². The second-order valence-corrected chi connectivity index (χ2v) is 9.08. The molecular weight excluding hydrogens is 339 g/mol. The van der Waals surface area contributed by atoms with Crippen molar-refractivity contribution in [3.63, 3.8) is 0 Å². The van der Waals surface area contributed by atoms with Crippen LogP contribution >= 0.6 is 11.8 Å². The molecule has 1 N–H and O–H groups in total. The zero-order chi connectivity index (χ0) is 18.8. The number of carbonyl (C=O) groups excluding carboxylic acids is 2. The van der Waals surface area contributed by atoms with Gasteiger partial charge in [-0.25, -0.2) is 4.39 Å². The van der Waals surface area contributed by atoms with Crippen molar-refractivity contribution in [3.05, 3.63) is 35.6 Å². The van der Waals surface area contributed by atoms with Gasteiger partial charge in [0.1, 0.15) is 11.9 Å². The molecule has 1 aromatic carbocycles. The summed E-state index contributed by atoms with van der Waals surface area (Å²) in [5.74, 6) is -0.251. The maximum Gasteiger partial charge on any atom is 0.258 e. The van der Waals surface area contributed by atoms with Gasteiger partial charge in [0.15, 0.2) is 0 Å². The maximum absolute atomic E-state index is 14.1. The van der Waals surface area contributed by atoms with Gasteiger partial charge in [0, 0.05) is 11.3 Å². The Kier molecular flexibility index (Phi) is 6.14. The van der Waals surface area contributed by atoms with E-state index in [1.807, 2.05) is 20.8 Å². The largest absolute Gasteiger partial charge is 0.350 e. The summed E-state index contributed by atoms with van der Waals surface area (Å²) in [4.78, 5) is 27.3. The molecule has 2 amide bonds. The van der Waals surface area contributed by atoms with E-state index >= 15 is 0 Å². The third kappa shape index (κ3) is 4.97. The van der Waals surface area contributed by atoms with Crippen LogP contribution in [0.25, 0.3) is 0 Å². The molecule has 2 atom stereocenters. The predicted octanol–water partition coefficient (Wildman–Crippen LogP) is 3.67. The highest BCUT2D eigenvalue weighted by Gasteiger charge is 2.43. The Morgan fingerprint density at radius 1 is 1.32 bits per heavy atom. The molecule has 25 heavy (non-hydrogen) atoms. The summed E-state index contributed by atoms with van der Waals surface area (Å²) in [6, 6.07) is 5.37. The van der Waals surface area contributed by atoms with E-state index in [2.05, 4.69) is 19.2 Å². The fraction of sp³-hybridized carbons (Fsp3) is 0.579. The first-order valence-corrected chi connectivity index (χ1v) is 9.66. The predicted molar refractivity (Wildman–Crippen MR) is 100.0 cm³/mol. The van der Waals surface area contributed by atoms with Gasteiger partial charge in [0.2, 0.25) is 5.91 Å². The molecule has 0 aliphatic carbocycles. The standard InChI is InChI=1S/C19H27FN2O2S/c1-12(2)10-16-22(18(24)13-8-6-7-9-14(13)20)15(11-25-16)17(23)21-19(3,4)5/h6-9,12,15-16H,10-11H2,1-5H3,(H,21,23). The van der Waals surface area contributed by atoms with Crippen LogP contribution in [0.1, 0.15) is 51.4 Å². The molecule has 0 radical (unpaired) electrons. The summed E-state index contributed by atoms with van der Waals surface area (Å²) in [6.45, 7) is 9.87. The Labute approximate surface area is 153 Å². The lowest BCUT2D eigenvalue weighted by Crippen LogP contribution is -2.54. The molecule has 2 rings (SSSR count). The number of nitrogens with one attached hydrogen (secondary N) is 1. The Morgan fingerprint density at radius 3 is 2.52 bits per heavy atom. The molecule has 1 saturated heterocycles. The van der Waals surface area contributed by atoms with Crippen LogP contribution in [0.15, 0.2) is 24.3 Å². The monoisotopic (exact) mass is 366 g/mol. The van der Waals surface area contributed by atoms with Gasteiger partial charge in [0.25, 0.3) is 5.91 Å². The molecule has 1 aliphatic heterocycles. The zero-order valence-corrected chi connectivity index (χ0v) is 16.3. The normalized spacial score (nSPS) is 20.8. The third-order valence-corrected chi connectivity index (χ3v) is 5.22. The maximum atomic E-state index is 14.1. The SMILES string of the molecule is CC(C)CC1SCC(C(=O)NC(C)(C)C)N1C(=O)c1ccccc1F. The van der Waals surface area contributed by atoms with Crippen LogP contribution in [0, 0.1) is 11.7 Å². The highest BCUT2D eigenvalue weighted by Crippen LogP contribution is 2.35. The quantitative estimate of drug-likeness (QED) is 0.884. The topological polar surface area (TPSA) is 49.4 Å². The van der Waals surface area contributed by atoms with Crippen LogP contribution in [0.3, 0.4) is 0 Å². The van der Waals surface area contributed by atoms with Crippen LogP contribution in [-0.2, 0) is 4.79 Å². The van der Waals surface area contributed by atoms with Crippen LogP contribution in [0.4, 0.5) is 4.39 Å². The minimum atomic E-state index is -0.583. The summed E-state index contributed by atoms with van der Waals surface area (Å²) < 4.78 is 14.1. The van der Waals surface area contributed by atoms with E-state index in [9.17, 15) is 14.0 Å². The highest BCUT2D eigenvalue weighted by atomic mass is 32.2. The van der Waals surface area contributed by atoms with Gasteiger partial charge in [-0.15, -0.1) is 11.8 Å². The zero-order valence-electron chi connectivity index (χ0n) is 15.5. The van der Waals surface area contributed by atoms with Gasteiger partial charge in [-0.05, 0) is 45.2 Å². The van der Waals surface area contributed by atoms with Gasteiger partial charge in [-0.1, -0.05) is 26.0 Å². The molecule has 0 aromatic heterocycles. The first kappa shape index (κ1) is 19.8. The van der Waals surface area contributed by atoms with Crippen molar-refractivity contribution in [1.82, 2.24) is 10.2 Å². The molecule has 1 aliphatic rings. The van der Waals surface area contributed by atoms with Crippen molar-refractivity contribution in [2.24, 2.45) is 5.92 Å². The number of halogens is 1. The third-order valence-electron chi connectivity index (χ3n) is 3.91. The molecule has 0 spiro atoms. The summed E-state index contributed by atoms with van der Waals surface area (Å²) in [5.41, 5.74) is -0.364. The van der Waals surface area contributed by atoms with E-state index in [0.717, 1.165) is 6.42 Å². The fourth-order valence-electron chi connectivity index (χ4n) is 2.85. The summed E-state index contributed by atoms with van der Waals surface area (Å²) in [5, 5.41) is 2.82. The molecule has 138 valence electrons. The Hall–Kier alpha value is -1.56. The van der Waals surface area contributed by atoms with E-state index in [1.165, 1.54) is 12.1 Å². The van der Waals surface area contributed by atoms with E-state index in [4.69, 9.17) is 0 Å². The van der Waals surface area contributed by atoms with Crippen LogP contribution in [0.5, 0.6) is 0 Å². The second kappa shape index (κ2) is 7.77. The Bertz CT molecular complexity index is 643. The summed E-state index contributed by atoms with van der Waals surface area (Å²) in [6.07, 6.45) is 0.768. The number of carbonyl (C=O) groups is 2. The Morgan fingerprint density at radius 2 is 1.96 bits per heavy atom. The first-order chi connectivity index (χ1) is 11.6. The number of amides is 2. The van der Waals surface area contributed by atoms with Gasteiger partial charge in [-0.2, -0.15) is 0 Å². The van der Waals surface area contributed by atoms with Gasteiger partial charge in [0.05, 0.1) is 10.9 Å². The average molecular weight is 367 g/mol. The number of hydrogen-bond donors (Lipinski definition) is 1. The molecular formula is C19H27FN2O2S. The van der Waals surface area contributed by atoms with Crippen molar-refractivity contribution in [2.75, 3.05) is 5.75 Å².